The van der Waals surface area contributed by atoms with Crippen molar-refractivity contribution in [1.82, 2.24) is 15.3 Å². The quantitative estimate of drug-likeness (QED) is 0.789. The van der Waals surface area contributed by atoms with E-state index in [0.29, 0.717) is 6.04 Å². The number of rotatable bonds is 3. The molecule has 1 aromatic carbocycles. The van der Waals surface area contributed by atoms with Crippen LogP contribution >= 0.6 is 11.3 Å². The average Bonchev–Trinajstić information content (AvgIpc) is 2.95. The van der Waals surface area contributed by atoms with Crippen molar-refractivity contribution in [3.05, 3.63) is 47.5 Å². The highest BCUT2D eigenvalue weighted by atomic mass is 32.1. The Labute approximate surface area is 116 Å². The molecule has 1 N–H and O–H groups in total. The molecule has 0 aliphatic carbocycles. The zero-order valence-electron chi connectivity index (χ0n) is 10.9. The van der Waals surface area contributed by atoms with Gasteiger partial charge in [-0.25, -0.2) is 9.97 Å². The van der Waals surface area contributed by atoms with Gasteiger partial charge in [-0.05, 0) is 26.1 Å². The molecule has 2 heterocycles. The van der Waals surface area contributed by atoms with Crippen molar-refractivity contribution in [3.63, 3.8) is 0 Å². The molecule has 19 heavy (non-hydrogen) atoms. The summed E-state index contributed by atoms with van der Waals surface area (Å²) in [5.41, 5.74) is 1.96. The molecule has 0 radical (unpaired) electrons. The lowest BCUT2D eigenvalue weighted by Crippen LogP contribution is -2.10. The van der Waals surface area contributed by atoms with E-state index in [1.165, 1.54) is 4.88 Å². The molecule has 3 nitrogen and oxygen atoms in total. The van der Waals surface area contributed by atoms with Crippen LogP contribution in [0.3, 0.4) is 0 Å². The smallest absolute Gasteiger partial charge is 0.142 e. The van der Waals surface area contributed by atoms with Gasteiger partial charge in [0.15, 0.2) is 0 Å². The molecule has 1 atom stereocenters. The molecule has 0 aliphatic rings. The Morgan fingerprint density at radius 2 is 2.00 bits per heavy atom. The van der Waals surface area contributed by atoms with Gasteiger partial charge in [0.05, 0.1) is 11.2 Å². The van der Waals surface area contributed by atoms with E-state index >= 15 is 0 Å². The molecule has 0 bridgehead atoms. The molecule has 0 amide bonds. The van der Waals surface area contributed by atoms with Crippen LogP contribution in [0.2, 0.25) is 0 Å². The summed E-state index contributed by atoms with van der Waals surface area (Å²) in [6, 6.07) is 12.6. The molecule has 0 saturated heterocycles. The highest BCUT2D eigenvalue weighted by Crippen LogP contribution is 2.28. The Hall–Kier alpha value is -1.78. The fourth-order valence-electron chi connectivity index (χ4n) is 1.93. The van der Waals surface area contributed by atoms with Gasteiger partial charge in [0.25, 0.3) is 0 Å². The third-order valence-corrected chi connectivity index (χ3v) is 4.40. The predicted molar refractivity (Wildman–Crippen MR) is 80.3 cm³/mol. The molecule has 2 aromatic heterocycles. The Kier molecular flexibility index (Phi) is 3.27. The number of fused-ring (bicyclic) bond motifs is 1. The van der Waals surface area contributed by atoms with Gasteiger partial charge in [0.2, 0.25) is 0 Å². The normalized spacial score (nSPS) is 12.7. The van der Waals surface area contributed by atoms with Crippen molar-refractivity contribution in [2.45, 2.75) is 13.0 Å². The number of nitrogens with zero attached hydrogens (tertiary/aromatic N) is 2. The maximum Gasteiger partial charge on any atom is 0.142 e. The summed E-state index contributed by atoms with van der Waals surface area (Å²) in [5.74, 6) is 0. The molecule has 4 heteroatoms. The van der Waals surface area contributed by atoms with Crippen LogP contribution in [0.15, 0.2) is 42.6 Å². The van der Waals surface area contributed by atoms with E-state index in [9.17, 15) is 0 Å². The van der Waals surface area contributed by atoms with Crippen LogP contribution in [0.5, 0.6) is 0 Å². The van der Waals surface area contributed by atoms with Crippen LogP contribution in [0.1, 0.15) is 17.8 Å². The largest absolute Gasteiger partial charge is 0.312 e. The third-order valence-electron chi connectivity index (χ3n) is 3.20. The number of thiazole rings is 1. The first kappa shape index (κ1) is 12.3. The standard InChI is InChI=1S/C15H15N3S/c1-10(16-2)14-9-17-15(19-14)13-8-7-11-5-3-4-6-12(11)18-13/h3-10,16H,1-2H3. The minimum Gasteiger partial charge on any atom is -0.312 e. The summed E-state index contributed by atoms with van der Waals surface area (Å²) in [7, 11) is 1.96. The summed E-state index contributed by atoms with van der Waals surface area (Å²) in [6.45, 7) is 2.13. The Morgan fingerprint density at radius 1 is 1.16 bits per heavy atom. The number of hydrogen-bond donors (Lipinski definition) is 1. The Balaban J connectivity index is 2.01. The number of benzene rings is 1. The van der Waals surface area contributed by atoms with Gasteiger partial charge in [0, 0.05) is 22.5 Å². The number of aromatic nitrogens is 2. The molecule has 3 rings (SSSR count). The number of hydrogen-bond acceptors (Lipinski definition) is 4. The van der Waals surface area contributed by atoms with Gasteiger partial charge >= 0.3 is 0 Å². The molecular weight excluding hydrogens is 254 g/mol. The highest BCUT2D eigenvalue weighted by Gasteiger charge is 2.10. The maximum absolute atomic E-state index is 4.67. The predicted octanol–water partition coefficient (Wildman–Crippen LogP) is 3.64. The minimum absolute atomic E-state index is 0.326. The third kappa shape index (κ3) is 2.37. The molecule has 0 saturated carbocycles. The first-order chi connectivity index (χ1) is 9.28. The fourth-order valence-corrected chi connectivity index (χ4v) is 2.88. The lowest BCUT2D eigenvalue weighted by atomic mass is 10.2. The monoisotopic (exact) mass is 269 g/mol. The fraction of sp³-hybridized carbons (Fsp3) is 0.200. The second-order valence-corrected chi connectivity index (χ2v) is 5.53. The van der Waals surface area contributed by atoms with E-state index in [2.05, 4.69) is 34.3 Å². The van der Waals surface area contributed by atoms with Crippen LogP contribution in [0, 0.1) is 0 Å². The minimum atomic E-state index is 0.326. The molecule has 1 unspecified atom stereocenters. The molecule has 0 aliphatic heterocycles. The zero-order valence-corrected chi connectivity index (χ0v) is 11.7. The molecule has 3 aromatic rings. The van der Waals surface area contributed by atoms with Crippen molar-refractivity contribution >= 4 is 22.2 Å². The van der Waals surface area contributed by atoms with Crippen molar-refractivity contribution in [2.24, 2.45) is 0 Å². The second-order valence-electron chi connectivity index (χ2n) is 4.47. The van der Waals surface area contributed by atoms with Crippen LogP contribution in [-0.4, -0.2) is 17.0 Å². The van der Waals surface area contributed by atoms with Gasteiger partial charge in [0.1, 0.15) is 5.01 Å². The van der Waals surface area contributed by atoms with Crippen molar-refractivity contribution in [3.8, 4) is 10.7 Å². The summed E-state index contributed by atoms with van der Waals surface area (Å²) in [6.07, 6.45) is 1.93. The SMILES string of the molecule is CNC(C)c1cnc(-c2ccc3ccccc3n2)s1. The van der Waals surface area contributed by atoms with Crippen LogP contribution in [0.25, 0.3) is 21.6 Å². The van der Waals surface area contributed by atoms with E-state index in [-0.39, 0.29) is 0 Å². The zero-order chi connectivity index (χ0) is 13.2. The van der Waals surface area contributed by atoms with Crippen molar-refractivity contribution in [1.29, 1.82) is 0 Å². The topological polar surface area (TPSA) is 37.8 Å². The summed E-state index contributed by atoms with van der Waals surface area (Å²) < 4.78 is 0. The Bertz CT molecular complexity index is 705. The van der Waals surface area contributed by atoms with Gasteiger partial charge < -0.3 is 5.32 Å². The molecule has 96 valence electrons. The highest BCUT2D eigenvalue weighted by molar-refractivity contribution is 7.15. The summed E-state index contributed by atoms with van der Waals surface area (Å²) in [5, 5.41) is 5.36. The number of nitrogens with one attached hydrogen (secondary N) is 1. The van der Waals surface area contributed by atoms with E-state index in [0.717, 1.165) is 21.6 Å². The van der Waals surface area contributed by atoms with Gasteiger partial charge in [-0.1, -0.05) is 24.3 Å². The second kappa shape index (κ2) is 5.07. The van der Waals surface area contributed by atoms with Crippen LogP contribution in [-0.2, 0) is 0 Å². The number of pyridine rings is 1. The number of para-hydroxylation sites is 1. The first-order valence-corrected chi connectivity index (χ1v) is 7.09. The van der Waals surface area contributed by atoms with Crippen molar-refractivity contribution in [2.75, 3.05) is 7.05 Å². The average molecular weight is 269 g/mol. The van der Waals surface area contributed by atoms with Gasteiger partial charge in [-0.2, -0.15) is 0 Å². The van der Waals surface area contributed by atoms with Gasteiger partial charge in [-0.3, -0.25) is 0 Å². The van der Waals surface area contributed by atoms with Gasteiger partial charge in [-0.15, -0.1) is 11.3 Å². The maximum atomic E-state index is 4.67. The van der Waals surface area contributed by atoms with Crippen LogP contribution < -0.4 is 5.32 Å². The van der Waals surface area contributed by atoms with Crippen LogP contribution in [0.4, 0.5) is 0 Å². The lowest BCUT2D eigenvalue weighted by molar-refractivity contribution is 0.662. The van der Waals surface area contributed by atoms with E-state index < -0.39 is 0 Å². The van der Waals surface area contributed by atoms with E-state index in [1.807, 2.05) is 37.5 Å². The van der Waals surface area contributed by atoms with E-state index in [4.69, 9.17) is 0 Å². The summed E-state index contributed by atoms with van der Waals surface area (Å²) in [4.78, 5) is 10.4. The lowest BCUT2D eigenvalue weighted by Gasteiger charge is -2.04. The van der Waals surface area contributed by atoms with Crippen molar-refractivity contribution < 1.29 is 0 Å². The first-order valence-electron chi connectivity index (χ1n) is 6.27. The molecular formula is C15H15N3S. The summed E-state index contributed by atoms with van der Waals surface area (Å²) >= 11 is 1.69. The molecule has 0 fully saturated rings. The Morgan fingerprint density at radius 3 is 2.84 bits per heavy atom. The van der Waals surface area contributed by atoms with E-state index in [1.54, 1.807) is 11.3 Å². The molecule has 0 spiro atoms.